The number of benzene rings is 2. The predicted octanol–water partition coefficient (Wildman–Crippen LogP) is 3.89. The van der Waals surface area contributed by atoms with Crippen molar-refractivity contribution in [2.24, 2.45) is 5.92 Å². The van der Waals surface area contributed by atoms with Crippen LogP contribution in [0.4, 0.5) is 4.39 Å². The van der Waals surface area contributed by atoms with Gasteiger partial charge in [0.1, 0.15) is 5.82 Å². The van der Waals surface area contributed by atoms with Crippen molar-refractivity contribution in [3.63, 3.8) is 0 Å². The van der Waals surface area contributed by atoms with Gasteiger partial charge in [-0.2, -0.15) is 0 Å². The maximum atomic E-state index is 13.9. The van der Waals surface area contributed by atoms with Crippen LogP contribution in [0.25, 0.3) is 0 Å². The van der Waals surface area contributed by atoms with Gasteiger partial charge in [0, 0.05) is 37.2 Å². The second kappa shape index (κ2) is 10.9. The minimum absolute atomic E-state index is 0.0392. The highest BCUT2D eigenvalue weighted by molar-refractivity contribution is 5.91. The van der Waals surface area contributed by atoms with Crippen LogP contribution in [0.1, 0.15) is 36.8 Å². The number of amides is 1. The third-order valence-corrected chi connectivity index (χ3v) is 5.22. The van der Waals surface area contributed by atoms with E-state index in [4.69, 9.17) is 9.47 Å². The van der Waals surface area contributed by atoms with E-state index in [1.807, 2.05) is 43.3 Å². The molecular weight excluding hydrogens is 385 g/mol. The number of hydrogen-bond donors (Lipinski definition) is 2. The van der Waals surface area contributed by atoms with Gasteiger partial charge < -0.3 is 19.9 Å². The Hall–Kier alpha value is -2.70. The number of carbonyl (C=O) groups excluding carboxylic acids is 1. The molecule has 2 aromatic carbocycles. The summed E-state index contributed by atoms with van der Waals surface area (Å²) >= 11 is 0. The number of halogens is 1. The Bertz CT molecular complexity index is 855. The zero-order chi connectivity index (χ0) is 21.3. The van der Waals surface area contributed by atoms with E-state index in [2.05, 4.69) is 5.32 Å². The third kappa shape index (κ3) is 5.46. The summed E-state index contributed by atoms with van der Waals surface area (Å²) in [5.74, 6) is -0.752. The molecule has 0 fully saturated rings. The molecule has 0 saturated heterocycles. The molecule has 0 saturated carbocycles. The lowest BCUT2D eigenvalue weighted by Gasteiger charge is -2.37. The van der Waals surface area contributed by atoms with Crippen LogP contribution in [0.15, 0.2) is 66.4 Å². The monoisotopic (exact) mass is 413 g/mol. The predicted molar refractivity (Wildman–Crippen MR) is 112 cm³/mol. The normalized spacial score (nSPS) is 20.9. The van der Waals surface area contributed by atoms with Crippen molar-refractivity contribution < 1.29 is 23.8 Å². The van der Waals surface area contributed by atoms with Crippen LogP contribution >= 0.6 is 0 Å². The van der Waals surface area contributed by atoms with Crippen LogP contribution in [0.5, 0.6) is 0 Å². The molecule has 0 aromatic heterocycles. The molecule has 1 amide bonds. The number of nitrogens with one attached hydrogen (secondary N) is 1. The van der Waals surface area contributed by atoms with Crippen molar-refractivity contribution in [3.8, 4) is 0 Å². The van der Waals surface area contributed by atoms with E-state index in [-0.39, 0.29) is 36.6 Å². The first-order chi connectivity index (χ1) is 14.6. The number of hydrogen-bond acceptors (Lipinski definition) is 4. The number of allylic oxidation sites excluding steroid dienone is 1. The van der Waals surface area contributed by atoms with Crippen LogP contribution in [0, 0.1) is 11.7 Å². The Kier molecular flexibility index (Phi) is 7.99. The molecule has 2 aromatic rings. The minimum Gasteiger partial charge on any atom is -0.459 e. The van der Waals surface area contributed by atoms with Crippen molar-refractivity contribution in [2.45, 2.75) is 38.5 Å². The Morgan fingerprint density at radius 2 is 1.90 bits per heavy atom. The maximum absolute atomic E-state index is 13.9. The third-order valence-electron chi connectivity index (χ3n) is 5.22. The van der Waals surface area contributed by atoms with Crippen LogP contribution in [-0.2, 0) is 20.8 Å². The standard InChI is InChI=1S/C24H28FNO4/c1-2-29-24-19(12-8-14-27)20(17-9-4-3-5-10-17)15-22(30-24)23(28)26-16-18-11-6-7-13-21(18)25/h3-7,9-11,13,15,19-20,24,27H,2,8,12,14,16H2,1H3,(H,26,28)/t19-,20+,24+/m1/s1. The Morgan fingerprint density at radius 3 is 2.60 bits per heavy atom. The van der Waals surface area contributed by atoms with Crippen LogP contribution in [0.2, 0.25) is 0 Å². The first kappa shape index (κ1) is 22.0. The summed E-state index contributed by atoms with van der Waals surface area (Å²) < 4.78 is 25.6. The molecule has 6 heteroatoms. The maximum Gasteiger partial charge on any atom is 0.286 e. The summed E-state index contributed by atoms with van der Waals surface area (Å²) in [6.45, 7) is 2.46. The van der Waals surface area contributed by atoms with Crippen LogP contribution < -0.4 is 5.32 Å². The molecule has 1 aliphatic heterocycles. The van der Waals surface area contributed by atoms with Gasteiger partial charge >= 0.3 is 0 Å². The van der Waals surface area contributed by atoms with Gasteiger partial charge in [-0.3, -0.25) is 4.79 Å². The summed E-state index contributed by atoms with van der Waals surface area (Å²) in [6, 6.07) is 16.2. The zero-order valence-electron chi connectivity index (χ0n) is 17.1. The fourth-order valence-corrected chi connectivity index (χ4v) is 3.72. The summed E-state index contributed by atoms with van der Waals surface area (Å²) in [5, 5.41) is 12.1. The van der Waals surface area contributed by atoms with Gasteiger partial charge in [0.2, 0.25) is 6.29 Å². The second-order valence-electron chi connectivity index (χ2n) is 7.21. The van der Waals surface area contributed by atoms with Gasteiger partial charge in [0.25, 0.3) is 5.91 Å². The molecule has 2 N–H and O–H groups in total. The van der Waals surface area contributed by atoms with Crippen LogP contribution in [0.3, 0.4) is 0 Å². The average Bonchev–Trinajstić information content (AvgIpc) is 2.78. The summed E-state index contributed by atoms with van der Waals surface area (Å²) in [6.07, 6.45) is 2.51. The smallest absolute Gasteiger partial charge is 0.286 e. The molecular formula is C24H28FNO4. The van der Waals surface area contributed by atoms with Gasteiger partial charge in [-0.05, 0) is 37.5 Å². The van der Waals surface area contributed by atoms with Gasteiger partial charge in [0.05, 0.1) is 0 Å². The van der Waals surface area contributed by atoms with Gasteiger partial charge in [-0.1, -0.05) is 48.5 Å². The lowest BCUT2D eigenvalue weighted by Crippen LogP contribution is -2.39. The van der Waals surface area contributed by atoms with E-state index in [1.165, 1.54) is 6.07 Å². The van der Waals surface area contributed by atoms with E-state index in [0.717, 1.165) is 5.56 Å². The number of rotatable bonds is 9. The first-order valence-electron chi connectivity index (χ1n) is 10.3. The second-order valence-corrected chi connectivity index (χ2v) is 7.21. The highest BCUT2D eigenvalue weighted by Crippen LogP contribution is 2.39. The van der Waals surface area contributed by atoms with E-state index >= 15 is 0 Å². The molecule has 3 atom stereocenters. The van der Waals surface area contributed by atoms with E-state index < -0.39 is 12.2 Å². The number of aliphatic hydroxyl groups is 1. The minimum atomic E-state index is -0.606. The van der Waals surface area contributed by atoms with Gasteiger partial charge in [-0.15, -0.1) is 0 Å². The molecule has 0 aliphatic carbocycles. The first-order valence-corrected chi connectivity index (χ1v) is 10.3. The topological polar surface area (TPSA) is 67.8 Å². The lowest BCUT2D eigenvalue weighted by molar-refractivity contribution is -0.166. The molecule has 1 aliphatic rings. The largest absolute Gasteiger partial charge is 0.459 e. The fourth-order valence-electron chi connectivity index (χ4n) is 3.72. The number of carbonyl (C=O) groups is 1. The van der Waals surface area contributed by atoms with Crippen molar-refractivity contribution in [2.75, 3.05) is 13.2 Å². The lowest BCUT2D eigenvalue weighted by atomic mass is 9.80. The van der Waals surface area contributed by atoms with E-state index in [0.29, 0.717) is 25.0 Å². The summed E-state index contributed by atoms with van der Waals surface area (Å²) in [5.41, 5.74) is 1.46. The zero-order valence-corrected chi connectivity index (χ0v) is 17.1. The van der Waals surface area contributed by atoms with Crippen molar-refractivity contribution in [1.29, 1.82) is 0 Å². The van der Waals surface area contributed by atoms with Crippen molar-refractivity contribution in [1.82, 2.24) is 5.32 Å². The van der Waals surface area contributed by atoms with Crippen molar-refractivity contribution >= 4 is 5.91 Å². The fraction of sp³-hybridized carbons (Fsp3) is 0.375. The average molecular weight is 413 g/mol. The molecule has 0 radical (unpaired) electrons. The molecule has 0 bridgehead atoms. The summed E-state index contributed by atoms with van der Waals surface area (Å²) in [7, 11) is 0. The highest BCUT2D eigenvalue weighted by atomic mass is 19.1. The quantitative estimate of drug-likeness (QED) is 0.655. The number of aliphatic hydroxyl groups excluding tert-OH is 1. The van der Waals surface area contributed by atoms with E-state index in [1.54, 1.807) is 18.2 Å². The molecule has 30 heavy (non-hydrogen) atoms. The number of ether oxygens (including phenoxy) is 2. The molecule has 0 spiro atoms. The Labute approximate surface area is 176 Å². The Balaban J connectivity index is 1.84. The van der Waals surface area contributed by atoms with E-state index in [9.17, 15) is 14.3 Å². The van der Waals surface area contributed by atoms with Crippen LogP contribution in [-0.4, -0.2) is 30.5 Å². The molecule has 3 rings (SSSR count). The van der Waals surface area contributed by atoms with Gasteiger partial charge in [-0.25, -0.2) is 4.39 Å². The molecule has 0 unspecified atom stereocenters. The summed E-state index contributed by atoms with van der Waals surface area (Å²) in [4.78, 5) is 12.8. The highest BCUT2D eigenvalue weighted by Gasteiger charge is 2.37. The molecule has 5 nitrogen and oxygen atoms in total. The SMILES string of the molecule is CCO[C@H]1OC(C(=O)NCc2ccccc2F)=C[C@@H](c2ccccc2)[C@H]1CCCO. The molecule has 1 heterocycles. The molecule has 160 valence electrons. The van der Waals surface area contributed by atoms with Gasteiger partial charge in [0.15, 0.2) is 5.76 Å². The Morgan fingerprint density at radius 1 is 1.17 bits per heavy atom. The van der Waals surface area contributed by atoms with Crippen molar-refractivity contribution in [3.05, 3.63) is 83.4 Å².